The van der Waals surface area contributed by atoms with E-state index in [2.05, 4.69) is 37.0 Å². The summed E-state index contributed by atoms with van der Waals surface area (Å²) in [4.78, 5) is 4.36. The number of hydrogen-bond acceptors (Lipinski definition) is 1. The highest BCUT2D eigenvalue weighted by Crippen LogP contribution is 2.28. The molecule has 0 aliphatic carbocycles. The molecule has 1 aromatic heterocycles. The van der Waals surface area contributed by atoms with Crippen molar-refractivity contribution in [3.8, 4) is 11.3 Å². The largest absolute Gasteiger partial charge is 0.256 e. The Morgan fingerprint density at radius 3 is 2.37 bits per heavy atom. The van der Waals surface area contributed by atoms with Gasteiger partial charge in [0, 0.05) is 17.1 Å². The second-order valence-electron chi connectivity index (χ2n) is 5.12. The number of benzene rings is 2. The third kappa shape index (κ3) is 2.24. The maximum atomic E-state index is 8.08. The van der Waals surface area contributed by atoms with Gasteiger partial charge in [-0.2, -0.15) is 0 Å². The van der Waals surface area contributed by atoms with Crippen molar-refractivity contribution in [1.29, 1.82) is 0 Å². The van der Waals surface area contributed by atoms with Crippen molar-refractivity contribution in [2.45, 2.75) is 20.8 Å². The van der Waals surface area contributed by atoms with Gasteiger partial charge in [-0.1, -0.05) is 41.0 Å². The fourth-order valence-electron chi connectivity index (χ4n) is 2.50. The Hall–Kier alpha value is -2.15. The first kappa shape index (κ1) is 9.74. The van der Waals surface area contributed by atoms with Gasteiger partial charge in [0.05, 0.1) is 8.44 Å². The van der Waals surface area contributed by atoms with Crippen molar-refractivity contribution in [2.24, 2.45) is 0 Å². The van der Waals surface area contributed by atoms with E-state index in [4.69, 9.17) is 2.74 Å². The predicted octanol–water partition coefficient (Wildman–Crippen LogP) is 4.83. The number of rotatable bonds is 1. The van der Waals surface area contributed by atoms with Gasteiger partial charge in [-0.15, -0.1) is 0 Å². The Morgan fingerprint density at radius 2 is 1.63 bits per heavy atom. The van der Waals surface area contributed by atoms with Gasteiger partial charge < -0.3 is 0 Å². The number of fused-ring (bicyclic) bond motifs is 1. The molecule has 0 saturated heterocycles. The van der Waals surface area contributed by atoms with Crippen molar-refractivity contribution in [1.82, 2.24) is 4.98 Å². The zero-order chi connectivity index (χ0) is 15.1. The van der Waals surface area contributed by atoms with Crippen LogP contribution in [0.3, 0.4) is 0 Å². The van der Waals surface area contributed by atoms with Crippen LogP contribution in [0.15, 0.2) is 48.6 Å². The molecule has 1 heterocycles. The van der Waals surface area contributed by atoms with Crippen molar-refractivity contribution < 1.29 is 2.74 Å². The minimum Gasteiger partial charge on any atom is -0.256 e. The summed E-state index contributed by atoms with van der Waals surface area (Å²) in [6, 6.07) is 12.5. The summed E-state index contributed by atoms with van der Waals surface area (Å²) in [6.07, 6.45) is 0.0299. The van der Waals surface area contributed by atoms with E-state index >= 15 is 0 Å². The smallest absolute Gasteiger partial charge is 0.0840 e. The molecule has 0 amide bonds. The van der Waals surface area contributed by atoms with Gasteiger partial charge in [-0.3, -0.25) is 4.98 Å². The Balaban J connectivity index is 2.39. The lowest BCUT2D eigenvalue weighted by Gasteiger charge is -2.08. The number of aromatic nitrogens is 1. The van der Waals surface area contributed by atoms with Crippen LogP contribution in [-0.4, -0.2) is 4.98 Å². The molecule has 19 heavy (non-hydrogen) atoms. The molecule has 0 spiro atoms. The molecule has 0 N–H and O–H groups in total. The summed E-state index contributed by atoms with van der Waals surface area (Å²) in [5.74, 6) is 0. The molecule has 0 atom stereocenters. The van der Waals surface area contributed by atoms with Gasteiger partial charge in [-0.25, -0.2) is 0 Å². The van der Waals surface area contributed by atoms with Gasteiger partial charge in [0.2, 0.25) is 0 Å². The molecular weight excluding hydrogens is 230 g/mol. The molecule has 1 heteroatoms. The molecule has 0 saturated carbocycles. The van der Waals surface area contributed by atoms with Gasteiger partial charge in [0.15, 0.2) is 0 Å². The van der Waals surface area contributed by atoms with Crippen LogP contribution in [-0.2, 0) is 0 Å². The highest BCUT2D eigenvalue weighted by molar-refractivity contribution is 5.94. The van der Waals surface area contributed by atoms with E-state index < -0.39 is 0 Å². The van der Waals surface area contributed by atoms with Crippen LogP contribution in [0.1, 0.15) is 19.4 Å². The Labute approximate surface area is 116 Å². The third-order valence-electron chi connectivity index (χ3n) is 3.28. The monoisotopic (exact) mass is 249 g/mol. The maximum absolute atomic E-state index is 8.08. The molecule has 0 bridgehead atoms. The molecule has 0 aliphatic rings. The molecule has 3 aromatic rings. The lowest BCUT2D eigenvalue weighted by atomic mass is 9.99. The molecule has 0 unspecified atom stereocenters. The van der Waals surface area contributed by atoms with Crippen LogP contribution in [0.2, 0.25) is 0 Å². The van der Waals surface area contributed by atoms with Gasteiger partial charge >= 0.3 is 0 Å². The van der Waals surface area contributed by atoms with Crippen LogP contribution in [0.25, 0.3) is 22.0 Å². The Kier molecular flexibility index (Phi) is 2.31. The van der Waals surface area contributed by atoms with Gasteiger partial charge in [0.25, 0.3) is 0 Å². The normalized spacial score (nSPS) is 12.4. The number of pyridine rings is 1. The van der Waals surface area contributed by atoms with E-state index in [1.807, 2.05) is 25.1 Å². The fraction of sp³-hybridized carbons (Fsp3) is 0.167. The minimum absolute atomic E-state index is 0.0299. The zero-order valence-corrected chi connectivity index (χ0v) is 11.4. The quantitative estimate of drug-likeness (QED) is 0.602. The van der Waals surface area contributed by atoms with E-state index in [1.54, 1.807) is 0 Å². The summed E-state index contributed by atoms with van der Waals surface area (Å²) in [5, 5.41) is 1.73. The van der Waals surface area contributed by atoms with Crippen molar-refractivity contribution in [3.63, 3.8) is 0 Å². The van der Waals surface area contributed by atoms with Crippen LogP contribution in [0.4, 0.5) is 0 Å². The molecule has 94 valence electrons. The molecule has 1 nitrogen and oxygen atoms in total. The summed E-state index contributed by atoms with van der Waals surface area (Å²) in [7, 11) is 0. The fourth-order valence-corrected chi connectivity index (χ4v) is 2.50. The molecule has 3 rings (SSSR count). The van der Waals surface area contributed by atoms with Crippen LogP contribution < -0.4 is 0 Å². The molecule has 0 fully saturated rings. The highest BCUT2D eigenvalue weighted by atomic mass is 14.7. The van der Waals surface area contributed by atoms with E-state index in [1.165, 1.54) is 11.1 Å². The van der Waals surface area contributed by atoms with Crippen LogP contribution in [0, 0.1) is 20.8 Å². The summed E-state index contributed by atoms with van der Waals surface area (Å²) in [5.41, 5.74) is 5.24. The van der Waals surface area contributed by atoms with Crippen LogP contribution >= 0.6 is 0 Å². The lowest BCUT2D eigenvalue weighted by Crippen LogP contribution is -1.88. The first-order valence-corrected chi connectivity index (χ1v) is 6.42. The number of nitrogens with zero attached hydrogens (tertiary/aromatic N) is 1. The molecular formula is C18H17N. The SMILES string of the molecule is [2H]c1nc(-c2cc(C)cc(C)c2)c2ccc(C)cc2c1[2H]. The minimum atomic E-state index is 0.0299. The average Bonchev–Trinajstić information content (AvgIpc) is 2.42. The zero-order valence-electron chi connectivity index (χ0n) is 13.4. The third-order valence-corrected chi connectivity index (χ3v) is 3.28. The second kappa shape index (κ2) is 4.51. The summed E-state index contributed by atoms with van der Waals surface area (Å²) in [6.45, 7) is 6.12. The van der Waals surface area contributed by atoms with Crippen molar-refractivity contribution >= 4 is 10.8 Å². The number of hydrogen-bond donors (Lipinski definition) is 0. The lowest BCUT2D eigenvalue weighted by molar-refractivity contribution is 1.32. The topological polar surface area (TPSA) is 12.9 Å². The van der Waals surface area contributed by atoms with E-state index in [0.717, 1.165) is 27.6 Å². The van der Waals surface area contributed by atoms with Gasteiger partial charge in [0.1, 0.15) is 0 Å². The maximum Gasteiger partial charge on any atom is 0.0840 e. The Morgan fingerprint density at radius 1 is 0.895 bits per heavy atom. The van der Waals surface area contributed by atoms with E-state index in [-0.39, 0.29) is 12.2 Å². The Bertz CT molecular complexity index is 833. The predicted molar refractivity (Wildman–Crippen MR) is 81.4 cm³/mol. The second-order valence-corrected chi connectivity index (χ2v) is 5.12. The number of aryl methyl sites for hydroxylation is 3. The summed E-state index contributed by atoms with van der Waals surface area (Å²) >= 11 is 0. The average molecular weight is 249 g/mol. The van der Waals surface area contributed by atoms with E-state index in [0.29, 0.717) is 0 Å². The molecule has 0 aliphatic heterocycles. The highest BCUT2D eigenvalue weighted by Gasteiger charge is 2.06. The first-order chi connectivity index (χ1) is 9.95. The van der Waals surface area contributed by atoms with Crippen molar-refractivity contribution in [3.05, 3.63) is 65.3 Å². The van der Waals surface area contributed by atoms with Gasteiger partial charge in [-0.05, 0) is 44.3 Å². The summed E-state index contributed by atoms with van der Waals surface area (Å²) < 4.78 is 16.0. The van der Waals surface area contributed by atoms with E-state index in [9.17, 15) is 0 Å². The van der Waals surface area contributed by atoms with Crippen molar-refractivity contribution in [2.75, 3.05) is 0 Å². The molecule has 2 aromatic carbocycles. The van der Waals surface area contributed by atoms with Crippen LogP contribution in [0.5, 0.6) is 0 Å². The molecule has 0 radical (unpaired) electrons. The first-order valence-electron chi connectivity index (χ1n) is 7.42. The standard InChI is InChI=1S/C18H17N/c1-12-4-5-17-15(9-12)6-7-19-18(17)16-10-13(2)8-14(3)11-16/h4-11H,1-3H3/i6D,7D.